The molecule has 2 aliphatic rings. The van der Waals surface area contributed by atoms with Gasteiger partial charge in [-0.15, -0.1) is 0 Å². The fraction of sp³-hybridized carbons (Fsp3) is 0.532. The standard InChI is InChI=1S/C47H67NO12/c1-29-19-13-9-12-16-24-41(52)60-45(33(5)38(51)26-32(4)49)30(2)20-14-10-11-15-22-37(50)27-40(56-8)34(6)46-48-36(28-57-46)21-17-18-23-39(31(3)25-29)59-47-44(55)43(54)42(53)35(7)58-47/h9-25,28,30-35,37-40,42-45,47,49-51,53-55H,26-27H2,1-8H3/b11-10-,12-9-,19-13-,20-14-,21-17-,22-15-,23-18-,24-16-,29-25-. The van der Waals surface area contributed by atoms with E-state index in [9.17, 15) is 35.4 Å². The van der Waals surface area contributed by atoms with Crippen LogP contribution < -0.4 is 0 Å². The van der Waals surface area contributed by atoms with Crippen LogP contribution in [0.2, 0.25) is 0 Å². The van der Waals surface area contributed by atoms with Crippen LogP contribution in [0.1, 0.15) is 78.8 Å². The minimum absolute atomic E-state index is 0.131. The normalized spacial score (nSPS) is 38.6. The van der Waals surface area contributed by atoms with Gasteiger partial charge in [0.05, 0.1) is 42.5 Å². The lowest BCUT2D eigenvalue weighted by Crippen LogP contribution is -2.58. The van der Waals surface area contributed by atoms with Crippen molar-refractivity contribution in [1.82, 2.24) is 4.98 Å². The molecule has 15 atom stereocenters. The molecule has 0 spiro atoms. The molecule has 13 heteroatoms. The van der Waals surface area contributed by atoms with E-state index in [0.29, 0.717) is 11.6 Å². The van der Waals surface area contributed by atoms with Crippen LogP contribution in [0.3, 0.4) is 0 Å². The molecule has 60 heavy (non-hydrogen) atoms. The molecule has 332 valence electrons. The van der Waals surface area contributed by atoms with Crippen molar-refractivity contribution in [2.45, 2.75) is 135 Å². The summed E-state index contributed by atoms with van der Waals surface area (Å²) >= 11 is 0. The van der Waals surface area contributed by atoms with Crippen LogP contribution in [0, 0.1) is 17.8 Å². The fourth-order valence-electron chi connectivity index (χ4n) is 6.87. The first-order chi connectivity index (χ1) is 28.5. The average Bonchev–Trinajstić information content (AvgIpc) is 3.68. The van der Waals surface area contributed by atoms with Gasteiger partial charge in [0.15, 0.2) is 12.2 Å². The van der Waals surface area contributed by atoms with E-state index < -0.39 is 79.2 Å². The molecular weight excluding hydrogens is 771 g/mol. The Hall–Kier alpha value is -4.02. The number of hydrogen-bond acceptors (Lipinski definition) is 13. The number of ether oxygens (including phenoxy) is 4. The van der Waals surface area contributed by atoms with Crippen molar-refractivity contribution in [2.24, 2.45) is 17.8 Å². The minimum Gasteiger partial charge on any atom is -0.458 e. The van der Waals surface area contributed by atoms with E-state index in [4.69, 9.17) is 23.4 Å². The molecule has 0 amide bonds. The lowest BCUT2D eigenvalue weighted by Gasteiger charge is -2.40. The SMILES string of the molecule is COC1CC(O)\C=C/C=C\C=C/C(C)C(C(C)C(O)CC(C)O)OC(=O)\C=C/C=C\C=C/C(C)=C\C(C)C(OC2OC(C)C(O)C(O)C2O)/C=C\C=C/c2coc(n2)C1C. The molecule has 0 aliphatic carbocycles. The molecule has 0 radical (unpaired) electrons. The number of esters is 1. The minimum atomic E-state index is -1.48. The summed E-state index contributed by atoms with van der Waals surface area (Å²) in [4.78, 5) is 17.6. The molecule has 6 N–H and O–H groups in total. The van der Waals surface area contributed by atoms with E-state index >= 15 is 0 Å². The number of fused-ring (bicyclic) bond motifs is 2. The monoisotopic (exact) mass is 837 g/mol. The first-order valence-electron chi connectivity index (χ1n) is 20.7. The summed E-state index contributed by atoms with van der Waals surface area (Å²) in [6.45, 7) is 12.6. The Morgan fingerprint density at radius 2 is 1.43 bits per heavy atom. The quantitative estimate of drug-likeness (QED) is 0.186. The summed E-state index contributed by atoms with van der Waals surface area (Å²) in [6, 6.07) is 0. The van der Waals surface area contributed by atoms with Gasteiger partial charge >= 0.3 is 5.97 Å². The predicted octanol–water partition coefficient (Wildman–Crippen LogP) is 5.58. The predicted molar refractivity (Wildman–Crippen MR) is 230 cm³/mol. The Morgan fingerprint density at radius 3 is 2.12 bits per heavy atom. The molecule has 1 fully saturated rings. The Morgan fingerprint density at radius 1 is 0.800 bits per heavy atom. The van der Waals surface area contributed by atoms with Crippen molar-refractivity contribution in [2.75, 3.05) is 7.11 Å². The number of carbonyl (C=O) groups is 1. The zero-order valence-electron chi connectivity index (χ0n) is 36.0. The summed E-state index contributed by atoms with van der Waals surface area (Å²) in [7, 11) is 1.57. The highest BCUT2D eigenvalue weighted by Gasteiger charge is 2.43. The molecule has 1 aromatic rings. The zero-order chi connectivity index (χ0) is 44.4. The largest absolute Gasteiger partial charge is 0.458 e. The molecule has 15 unspecified atom stereocenters. The van der Waals surface area contributed by atoms with Crippen LogP contribution in [0.4, 0.5) is 0 Å². The molecule has 1 saturated heterocycles. The van der Waals surface area contributed by atoms with Crippen molar-refractivity contribution in [3.05, 3.63) is 121 Å². The molecule has 0 saturated carbocycles. The van der Waals surface area contributed by atoms with Gasteiger partial charge in [0, 0.05) is 37.4 Å². The summed E-state index contributed by atoms with van der Waals surface area (Å²) < 4.78 is 29.3. The van der Waals surface area contributed by atoms with Crippen LogP contribution in [0.25, 0.3) is 6.08 Å². The van der Waals surface area contributed by atoms with E-state index in [2.05, 4.69) is 4.98 Å². The Labute approximate surface area is 355 Å². The molecule has 2 bridgehead atoms. The van der Waals surface area contributed by atoms with Gasteiger partial charge in [-0.05, 0) is 33.3 Å². The molecule has 13 nitrogen and oxygen atoms in total. The Kier molecular flexibility index (Phi) is 21.5. The number of aliphatic hydroxyl groups is 6. The molecule has 0 aromatic carbocycles. The second kappa shape index (κ2) is 25.7. The third-order valence-corrected chi connectivity index (χ3v) is 10.6. The topological polar surface area (TPSA) is 201 Å². The lowest BCUT2D eigenvalue weighted by atomic mass is 9.86. The van der Waals surface area contributed by atoms with Crippen LogP contribution >= 0.6 is 0 Å². The number of allylic oxidation sites excluding steroid dienone is 12. The number of oxazole rings is 1. The number of carbonyl (C=O) groups excluding carboxylic acids is 1. The van der Waals surface area contributed by atoms with Gasteiger partial charge in [-0.25, -0.2) is 9.78 Å². The molecule has 3 rings (SSSR count). The summed E-state index contributed by atoms with van der Waals surface area (Å²) in [5.74, 6) is -1.45. The van der Waals surface area contributed by atoms with Crippen LogP contribution in [0.15, 0.2) is 113 Å². The van der Waals surface area contributed by atoms with Crippen molar-refractivity contribution < 1.29 is 58.8 Å². The van der Waals surface area contributed by atoms with Crippen molar-refractivity contribution in [3.63, 3.8) is 0 Å². The molecule has 1 aromatic heterocycles. The maximum atomic E-state index is 13.0. The van der Waals surface area contributed by atoms with Crippen LogP contribution in [0.5, 0.6) is 0 Å². The summed E-state index contributed by atoms with van der Waals surface area (Å²) in [5.41, 5.74) is 1.46. The third-order valence-electron chi connectivity index (χ3n) is 10.6. The fourth-order valence-corrected chi connectivity index (χ4v) is 6.87. The maximum absolute atomic E-state index is 13.0. The van der Waals surface area contributed by atoms with Crippen LogP contribution in [-0.2, 0) is 23.7 Å². The molecular formula is C47H67NO12. The number of aromatic nitrogens is 1. The van der Waals surface area contributed by atoms with E-state index in [0.717, 1.165) is 5.57 Å². The number of cyclic esters (lactones) is 1. The lowest BCUT2D eigenvalue weighted by molar-refractivity contribution is -0.302. The average molecular weight is 838 g/mol. The zero-order valence-corrected chi connectivity index (χ0v) is 36.0. The van der Waals surface area contributed by atoms with E-state index in [-0.39, 0.29) is 30.6 Å². The van der Waals surface area contributed by atoms with Gasteiger partial charge in [-0.2, -0.15) is 0 Å². The van der Waals surface area contributed by atoms with Crippen LogP contribution in [-0.4, -0.2) is 116 Å². The van der Waals surface area contributed by atoms with E-state index in [1.54, 1.807) is 94.7 Å². The Balaban J connectivity index is 1.93. The summed E-state index contributed by atoms with van der Waals surface area (Å²) in [5, 5.41) is 62.8. The van der Waals surface area contributed by atoms with Gasteiger partial charge < -0.3 is 54.0 Å². The van der Waals surface area contributed by atoms with Gasteiger partial charge in [-0.3, -0.25) is 0 Å². The Bertz CT molecular complexity index is 1720. The summed E-state index contributed by atoms with van der Waals surface area (Å²) in [6.07, 6.45) is 21.3. The number of hydrogen-bond donors (Lipinski definition) is 6. The highest BCUT2D eigenvalue weighted by molar-refractivity contribution is 5.82. The van der Waals surface area contributed by atoms with E-state index in [1.807, 2.05) is 58.1 Å². The first kappa shape index (κ1) is 50.3. The smallest absolute Gasteiger partial charge is 0.331 e. The van der Waals surface area contributed by atoms with Crippen molar-refractivity contribution in [3.8, 4) is 0 Å². The number of methoxy groups -OCH3 is 1. The second-order valence-corrected chi connectivity index (χ2v) is 15.8. The van der Waals surface area contributed by atoms with Gasteiger partial charge in [0.25, 0.3) is 0 Å². The highest BCUT2D eigenvalue weighted by atomic mass is 16.7. The number of aliphatic hydroxyl groups excluding tert-OH is 6. The third kappa shape index (κ3) is 16.4. The first-order valence-corrected chi connectivity index (χ1v) is 20.7. The molecule has 2 aliphatic heterocycles. The highest BCUT2D eigenvalue weighted by Crippen LogP contribution is 2.28. The van der Waals surface area contributed by atoms with Gasteiger partial charge in [-0.1, -0.05) is 124 Å². The van der Waals surface area contributed by atoms with Crippen molar-refractivity contribution in [1.29, 1.82) is 0 Å². The number of rotatable bonds is 7. The molecule has 3 heterocycles. The van der Waals surface area contributed by atoms with Crippen molar-refractivity contribution >= 4 is 12.0 Å². The van der Waals surface area contributed by atoms with E-state index in [1.165, 1.54) is 12.3 Å². The van der Waals surface area contributed by atoms with Gasteiger partial charge in [0.1, 0.15) is 36.4 Å². The van der Waals surface area contributed by atoms with Gasteiger partial charge in [0.2, 0.25) is 0 Å². The second-order valence-electron chi connectivity index (χ2n) is 15.8. The number of nitrogens with zero attached hydrogens (tertiary/aromatic N) is 1. The maximum Gasteiger partial charge on any atom is 0.331 e.